The lowest BCUT2D eigenvalue weighted by atomic mass is 9.99. The lowest BCUT2D eigenvalue weighted by Crippen LogP contribution is -2.17. The molecule has 1 N–H and O–H groups in total. The third-order valence-electron chi connectivity index (χ3n) is 2.31. The zero-order valence-electron chi connectivity index (χ0n) is 7.75. The second-order valence-electron chi connectivity index (χ2n) is 3.21. The van der Waals surface area contributed by atoms with Gasteiger partial charge in [-0.2, -0.15) is 0 Å². The topological polar surface area (TPSA) is 41.8 Å². The molecular formula is C10H10ClNO2. The molecule has 0 amide bonds. The van der Waals surface area contributed by atoms with Crippen molar-refractivity contribution in [3.05, 3.63) is 28.3 Å². The molecular weight excluding hydrogens is 202 g/mol. The van der Waals surface area contributed by atoms with E-state index in [4.69, 9.17) is 21.5 Å². The molecule has 14 heavy (non-hydrogen) atoms. The van der Waals surface area contributed by atoms with Gasteiger partial charge < -0.3 is 9.94 Å². The summed E-state index contributed by atoms with van der Waals surface area (Å²) in [5.41, 5.74) is 2.48. The normalized spacial score (nSPS) is 17.7. The number of hydrogen-bond donors (Lipinski definition) is 1. The first-order valence-corrected chi connectivity index (χ1v) is 4.75. The molecule has 0 aliphatic carbocycles. The van der Waals surface area contributed by atoms with Gasteiger partial charge in [-0.15, -0.1) is 0 Å². The lowest BCUT2D eigenvalue weighted by molar-refractivity contribution is 0.298. The van der Waals surface area contributed by atoms with Crippen molar-refractivity contribution in [2.45, 2.75) is 13.3 Å². The van der Waals surface area contributed by atoms with E-state index in [0.29, 0.717) is 29.5 Å². The molecule has 1 aromatic carbocycles. The summed E-state index contributed by atoms with van der Waals surface area (Å²) in [5, 5.41) is 12.7. The first-order chi connectivity index (χ1) is 6.74. The van der Waals surface area contributed by atoms with Crippen LogP contribution in [0.5, 0.6) is 5.75 Å². The van der Waals surface area contributed by atoms with Crippen molar-refractivity contribution in [1.82, 2.24) is 0 Å². The van der Waals surface area contributed by atoms with Crippen molar-refractivity contribution >= 4 is 17.3 Å². The second kappa shape index (κ2) is 3.50. The predicted molar refractivity (Wildman–Crippen MR) is 54.6 cm³/mol. The summed E-state index contributed by atoms with van der Waals surface area (Å²) >= 11 is 5.97. The van der Waals surface area contributed by atoms with Crippen molar-refractivity contribution in [2.24, 2.45) is 5.16 Å². The fourth-order valence-corrected chi connectivity index (χ4v) is 1.84. The van der Waals surface area contributed by atoms with Crippen LogP contribution in [0.1, 0.15) is 17.5 Å². The fourth-order valence-electron chi connectivity index (χ4n) is 1.63. The number of ether oxygens (including phenoxy) is 1. The van der Waals surface area contributed by atoms with Crippen molar-refractivity contribution in [3.8, 4) is 5.75 Å². The molecule has 0 fully saturated rings. The molecule has 1 aliphatic rings. The van der Waals surface area contributed by atoms with E-state index in [1.54, 1.807) is 6.07 Å². The smallest absolute Gasteiger partial charge is 0.147 e. The molecule has 0 aromatic heterocycles. The molecule has 1 aliphatic heterocycles. The fraction of sp³-hybridized carbons (Fsp3) is 0.300. The van der Waals surface area contributed by atoms with Crippen LogP contribution < -0.4 is 4.74 Å². The maximum Gasteiger partial charge on any atom is 0.147 e. The summed E-state index contributed by atoms with van der Waals surface area (Å²) in [6.07, 6.45) is 0.616. The Balaban J connectivity index is 2.67. The molecule has 0 spiro atoms. The highest BCUT2D eigenvalue weighted by Gasteiger charge is 2.21. The number of fused-ring (bicyclic) bond motifs is 1. The van der Waals surface area contributed by atoms with Crippen LogP contribution in [0.4, 0.5) is 0 Å². The summed E-state index contributed by atoms with van der Waals surface area (Å²) in [7, 11) is 0. The van der Waals surface area contributed by atoms with Gasteiger partial charge in [0.15, 0.2) is 0 Å². The van der Waals surface area contributed by atoms with Gasteiger partial charge in [0.2, 0.25) is 0 Å². The van der Waals surface area contributed by atoms with Crippen LogP contribution in [-0.2, 0) is 0 Å². The monoisotopic (exact) mass is 211 g/mol. The van der Waals surface area contributed by atoms with Gasteiger partial charge in [-0.3, -0.25) is 0 Å². The van der Waals surface area contributed by atoms with Gasteiger partial charge in [0, 0.05) is 12.0 Å². The van der Waals surface area contributed by atoms with Crippen LogP contribution in [-0.4, -0.2) is 17.5 Å². The van der Waals surface area contributed by atoms with Gasteiger partial charge in [0.1, 0.15) is 5.75 Å². The number of halogens is 1. The first kappa shape index (κ1) is 9.34. The molecule has 0 atom stereocenters. The lowest BCUT2D eigenvalue weighted by Gasteiger charge is -2.20. The van der Waals surface area contributed by atoms with Crippen LogP contribution >= 0.6 is 11.6 Å². The molecule has 0 bridgehead atoms. The SMILES string of the molecule is Cc1ccc(Cl)c2c1/C(=N/O)CCO2. The number of hydrogen-bond acceptors (Lipinski definition) is 3. The molecule has 0 saturated heterocycles. The summed E-state index contributed by atoms with van der Waals surface area (Å²) in [5.74, 6) is 0.630. The van der Waals surface area contributed by atoms with Crippen LogP contribution in [0.15, 0.2) is 17.3 Å². The zero-order valence-corrected chi connectivity index (χ0v) is 8.51. The Morgan fingerprint density at radius 1 is 1.50 bits per heavy atom. The standard InChI is InChI=1S/C10H10ClNO2/c1-6-2-3-7(11)10-9(6)8(12-13)4-5-14-10/h2-3,13H,4-5H2,1H3/b12-8+. The summed E-state index contributed by atoms with van der Waals surface area (Å²) < 4.78 is 5.44. The van der Waals surface area contributed by atoms with Crippen LogP contribution in [0.25, 0.3) is 0 Å². The van der Waals surface area contributed by atoms with Gasteiger partial charge in [-0.25, -0.2) is 0 Å². The maximum atomic E-state index is 8.84. The summed E-state index contributed by atoms with van der Waals surface area (Å²) in [6.45, 7) is 2.45. The molecule has 4 heteroatoms. The summed E-state index contributed by atoms with van der Waals surface area (Å²) in [6, 6.07) is 3.68. The molecule has 0 radical (unpaired) electrons. The Morgan fingerprint density at radius 3 is 3.00 bits per heavy atom. The van der Waals surface area contributed by atoms with E-state index in [1.165, 1.54) is 0 Å². The average Bonchev–Trinajstić information content (AvgIpc) is 2.23. The van der Waals surface area contributed by atoms with E-state index in [1.807, 2.05) is 13.0 Å². The molecule has 1 aromatic rings. The predicted octanol–water partition coefficient (Wildman–Crippen LogP) is 2.61. The highest BCUT2D eigenvalue weighted by molar-refractivity contribution is 6.33. The Labute approximate surface area is 86.9 Å². The van der Waals surface area contributed by atoms with Crippen LogP contribution in [0, 0.1) is 6.92 Å². The van der Waals surface area contributed by atoms with Crippen molar-refractivity contribution in [2.75, 3.05) is 6.61 Å². The summed E-state index contributed by atoms with van der Waals surface area (Å²) in [4.78, 5) is 0. The van der Waals surface area contributed by atoms with E-state index in [0.717, 1.165) is 11.1 Å². The molecule has 0 saturated carbocycles. The third kappa shape index (κ3) is 1.34. The largest absolute Gasteiger partial charge is 0.491 e. The number of nitrogens with zero attached hydrogens (tertiary/aromatic N) is 1. The molecule has 2 rings (SSSR count). The van der Waals surface area contributed by atoms with Gasteiger partial charge in [0.25, 0.3) is 0 Å². The Hall–Kier alpha value is -1.22. The first-order valence-electron chi connectivity index (χ1n) is 4.37. The van der Waals surface area contributed by atoms with Crippen LogP contribution in [0.3, 0.4) is 0 Å². The molecule has 3 nitrogen and oxygen atoms in total. The van der Waals surface area contributed by atoms with E-state index in [2.05, 4.69) is 5.16 Å². The van der Waals surface area contributed by atoms with Gasteiger partial charge >= 0.3 is 0 Å². The minimum absolute atomic E-state index is 0.509. The minimum atomic E-state index is 0.509. The number of benzene rings is 1. The molecule has 74 valence electrons. The van der Waals surface area contributed by atoms with Gasteiger partial charge in [-0.05, 0) is 18.6 Å². The molecule has 0 unspecified atom stereocenters. The van der Waals surface area contributed by atoms with E-state index >= 15 is 0 Å². The molecule has 1 heterocycles. The average molecular weight is 212 g/mol. The number of oxime groups is 1. The van der Waals surface area contributed by atoms with Crippen molar-refractivity contribution in [1.29, 1.82) is 0 Å². The van der Waals surface area contributed by atoms with Crippen LogP contribution in [0.2, 0.25) is 5.02 Å². The zero-order chi connectivity index (χ0) is 10.1. The van der Waals surface area contributed by atoms with E-state index in [9.17, 15) is 0 Å². The van der Waals surface area contributed by atoms with Gasteiger partial charge in [-0.1, -0.05) is 22.8 Å². The highest BCUT2D eigenvalue weighted by Crippen LogP contribution is 2.34. The number of rotatable bonds is 0. The van der Waals surface area contributed by atoms with E-state index in [-0.39, 0.29) is 0 Å². The maximum absolute atomic E-state index is 8.84. The van der Waals surface area contributed by atoms with Crippen molar-refractivity contribution < 1.29 is 9.94 Å². The third-order valence-corrected chi connectivity index (χ3v) is 2.61. The quantitative estimate of drug-likeness (QED) is 0.530. The Bertz CT molecular complexity index is 401. The second-order valence-corrected chi connectivity index (χ2v) is 3.62. The number of aryl methyl sites for hydroxylation is 1. The Morgan fingerprint density at radius 2 is 2.29 bits per heavy atom. The highest BCUT2D eigenvalue weighted by atomic mass is 35.5. The Kier molecular flexibility index (Phi) is 2.33. The minimum Gasteiger partial charge on any atom is -0.491 e. The van der Waals surface area contributed by atoms with Gasteiger partial charge in [0.05, 0.1) is 17.3 Å². The van der Waals surface area contributed by atoms with E-state index < -0.39 is 0 Å². The van der Waals surface area contributed by atoms with Crippen molar-refractivity contribution in [3.63, 3.8) is 0 Å².